The van der Waals surface area contributed by atoms with Crippen LogP contribution in [0.25, 0.3) is 6.08 Å². The molecule has 1 fully saturated rings. The highest BCUT2D eigenvalue weighted by molar-refractivity contribution is 8.26. The van der Waals surface area contributed by atoms with Gasteiger partial charge in [0.2, 0.25) is 0 Å². The number of hydrogen-bond acceptors (Lipinski definition) is 5. The second-order valence-electron chi connectivity index (χ2n) is 6.31. The van der Waals surface area contributed by atoms with Crippen molar-refractivity contribution in [2.75, 3.05) is 13.2 Å². The lowest BCUT2D eigenvalue weighted by atomic mass is 10.0. The first-order valence-corrected chi connectivity index (χ1v) is 9.95. The number of thioether (sulfide) groups is 1. The average Bonchev–Trinajstić information content (AvgIpc) is 2.97. The molecule has 0 atom stereocenters. The minimum atomic E-state index is -0.173. The maximum absolute atomic E-state index is 11.8. The summed E-state index contributed by atoms with van der Waals surface area (Å²) in [4.78, 5) is 12.4. The number of thiocarbonyl (C=S) groups is 1. The van der Waals surface area contributed by atoms with Gasteiger partial charge in [-0.05, 0) is 35.8 Å². The molecule has 1 aliphatic heterocycles. The smallest absolute Gasteiger partial charge is 0.263 e. The predicted octanol–water partition coefficient (Wildman–Crippen LogP) is 4.76. The third-order valence-electron chi connectivity index (χ3n) is 4.00. The van der Waals surface area contributed by atoms with Crippen LogP contribution in [0.4, 0.5) is 0 Å². The highest BCUT2D eigenvalue weighted by Gasteiger charge is 2.22. The van der Waals surface area contributed by atoms with Crippen molar-refractivity contribution in [2.24, 2.45) is 0 Å². The lowest BCUT2D eigenvalue weighted by Gasteiger charge is -2.11. The summed E-state index contributed by atoms with van der Waals surface area (Å²) in [5.41, 5.74) is 2.12. The number of carbonyl (C=O) groups is 1. The van der Waals surface area contributed by atoms with E-state index in [9.17, 15) is 4.79 Å². The van der Waals surface area contributed by atoms with Crippen LogP contribution in [0.3, 0.4) is 0 Å². The first-order chi connectivity index (χ1) is 13.0. The maximum atomic E-state index is 11.8. The van der Waals surface area contributed by atoms with Crippen molar-refractivity contribution in [1.82, 2.24) is 5.32 Å². The molecule has 140 valence electrons. The Balaban J connectivity index is 1.56. The van der Waals surface area contributed by atoms with Crippen LogP contribution < -0.4 is 14.8 Å². The van der Waals surface area contributed by atoms with Crippen LogP contribution >= 0.6 is 24.0 Å². The Morgan fingerprint density at radius 1 is 1.07 bits per heavy atom. The summed E-state index contributed by atoms with van der Waals surface area (Å²) >= 11 is 6.28. The number of hydrogen-bond donors (Lipinski definition) is 1. The van der Waals surface area contributed by atoms with E-state index in [1.54, 1.807) is 6.08 Å². The number of ether oxygens (including phenoxy) is 2. The zero-order chi connectivity index (χ0) is 19.2. The number of rotatable bonds is 7. The molecule has 0 saturated carbocycles. The van der Waals surface area contributed by atoms with Gasteiger partial charge in [-0.15, -0.1) is 0 Å². The van der Waals surface area contributed by atoms with Gasteiger partial charge in [0.1, 0.15) is 29.0 Å². The third-order valence-corrected chi connectivity index (χ3v) is 5.17. The maximum Gasteiger partial charge on any atom is 0.263 e. The summed E-state index contributed by atoms with van der Waals surface area (Å²) in [6.45, 7) is 5.17. The minimum absolute atomic E-state index is 0.173. The molecular weight excluding hydrogens is 378 g/mol. The van der Waals surface area contributed by atoms with E-state index in [2.05, 4.69) is 31.3 Å². The minimum Gasteiger partial charge on any atom is -0.490 e. The molecular formula is C21H21NO3S2. The molecule has 0 aromatic heterocycles. The molecule has 1 amide bonds. The van der Waals surface area contributed by atoms with Gasteiger partial charge < -0.3 is 14.8 Å². The van der Waals surface area contributed by atoms with Crippen LogP contribution in [0.15, 0.2) is 53.4 Å². The largest absolute Gasteiger partial charge is 0.490 e. The van der Waals surface area contributed by atoms with Gasteiger partial charge in [0.05, 0.1) is 4.91 Å². The Morgan fingerprint density at radius 3 is 2.44 bits per heavy atom. The van der Waals surface area contributed by atoms with Crippen molar-refractivity contribution in [3.05, 3.63) is 64.6 Å². The first-order valence-electron chi connectivity index (χ1n) is 8.72. The molecule has 2 aromatic carbocycles. The molecule has 2 aromatic rings. The highest BCUT2D eigenvalue weighted by atomic mass is 32.2. The van der Waals surface area contributed by atoms with Crippen LogP contribution in [-0.4, -0.2) is 23.4 Å². The van der Waals surface area contributed by atoms with E-state index < -0.39 is 0 Å². The highest BCUT2D eigenvalue weighted by Crippen LogP contribution is 2.29. The summed E-state index contributed by atoms with van der Waals surface area (Å²) in [5, 5.41) is 2.61. The van der Waals surface area contributed by atoms with Gasteiger partial charge in [0, 0.05) is 5.56 Å². The Bertz CT molecular complexity index is 860. The average molecular weight is 400 g/mol. The standard InChI is InChI=1S/C21H21NO3S2/c1-14(2)15-7-9-17(10-8-15)24-11-12-25-18-6-4-3-5-16(18)13-19-20(23)22-21(26)27-19/h3-10,13-14H,11-12H2,1-2H3,(H,22,23,26). The van der Waals surface area contributed by atoms with Crippen molar-refractivity contribution in [3.8, 4) is 11.5 Å². The topological polar surface area (TPSA) is 47.6 Å². The van der Waals surface area contributed by atoms with Crippen LogP contribution in [0.2, 0.25) is 0 Å². The van der Waals surface area contributed by atoms with Gasteiger partial charge >= 0.3 is 0 Å². The molecule has 27 heavy (non-hydrogen) atoms. The fourth-order valence-corrected chi connectivity index (χ4v) is 3.59. The van der Waals surface area contributed by atoms with Gasteiger partial charge in [0.15, 0.2) is 0 Å². The molecule has 3 rings (SSSR count). The van der Waals surface area contributed by atoms with Crippen molar-refractivity contribution in [1.29, 1.82) is 0 Å². The zero-order valence-corrected chi connectivity index (χ0v) is 16.9. The summed E-state index contributed by atoms with van der Waals surface area (Å²) in [5.74, 6) is 1.86. The first kappa shape index (κ1) is 19.5. The number of para-hydroxylation sites is 1. The van der Waals surface area contributed by atoms with Crippen molar-refractivity contribution < 1.29 is 14.3 Å². The van der Waals surface area contributed by atoms with E-state index >= 15 is 0 Å². The molecule has 0 bridgehead atoms. The number of benzene rings is 2. The molecule has 4 nitrogen and oxygen atoms in total. The molecule has 0 spiro atoms. The van der Waals surface area contributed by atoms with E-state index in [4.69, 9.17) is 21.7 Å². The van der Waals surface area contributed by atoms with Crippen molar-refractivity contribution >= 4 is 40.3 Å². The molecule has 1 aliphatic rings. The van der Waals surface area contributed by atoms with E-state index in [0.717, 1.165) is 11.3 Å². The lowest BCUT2D eigenvalue weighted by molar-refractivity contribution is -0.115. The van der Waals surface area contributed by atoms with Gasteiger partial charge in [-0.2, -0.15) is 0 Å². The summed E-state index contributed by atoms with van der Waals surface area (Å²) in [6.07, 6.45) is 1.79. The van der Waals surface area contributed by atoms with Gasteiger partial charge in [0.25, 0.3) is 5.91 Å². The van der Waals surface area contributed by atoms with Crippen molar-refractivity contribution in [2.45, 2.75) is 19.8 Å². The molecule has 1 heterocycles. The Kier molecular flexibility index (Phi) is 6.53. The summed E-state index contributed by atoms with van der Waals surface area (Å²) in [6, 6.07) is 15.7. The normalized spacial score (nSPS) is 15.3. The van der Waals surface area contributed by atoms with Crippen molar-refractivity contribution in [3.63, 3.8) is 0 Å². The quantitative estimate of drug-likeness (QED) is 0.413. The van der Waals surface area contributed by atoms with Crippen LogP contribution in [0, 0.1) is 0 Å². The van der Waals surface area contributed by atoms with Gasteiger partial charge in [-0.25, -0.2) is 0 Å². The molecule has 0 unspecified atom stereocenters. The molecule has 0 radical (unpaired) electrons. The van der Waals surface area contributed by atoms with E-state index in [0.29, 0.717) is 34.1 Å². The fraction of sp³-hybridized carbons (Fsp3) is 0.238. The zero-order valence-electron chi connectivity index (χ0n) is 15.2. The SMILES string of the molecule is CC(C)c1ccc(OCCOc2ccccc2C=C2SC(=S)NC2=O)cc1. The molecule has 1 N–H and O–H groups in total. The number of carbonyl (C=O) groups excluding carboxylic acids is 1. The van der Waals surface area contributed by atoms with Gasteiger partial charge in [-0.1, -0.05) is 68.2 Å². The third kappa shape index (κ3) is 5.34. The predicted molar refractivity (Wildman–Crippen MR) is 114 cm³/mol. The number of amides is 1. The van der Waals surface area contributed by atoms with Crippen LogP contribution in [0.1, 0.15) is 30.9 Å². The van der Waals surface area contributed by atoms with E-state index in [1.807, 2.05) is 36.4 Å². The number of nitrogens with one attached hydrogen (secondary N) is 1. The molecule has 1 saturated heterocycles. The molecule has 0 aliphatic carbocycles. The fourth-order valence-electron chi connectivity index (χ4n) is 2.55. The second-order valence-corrected chi connectivity index (χ2v) is 8.03. The summed E-state index contributed by atoms with van der Waals surface area (Å²) < 4.78 is 12.1. The van der Waals surface area contributed by atoms with Crippen LogP contribution in [0.5, 0.6) is 11.5 Å². The second kappa shape index (κ2) is 9.06. The lowest BCUT2D eigenvalue weighted by Crippen LogP contribution is -2.17. The van der Waals surface area contributed by atoms with E-state index in [-0.39, 0.29) is 5.91 Å². The summed E-state index contributed by atoms with van der Waals surface area (Å²) in [7, 11) is 0. The Morgan fingerprint density at radius 2 is 1.78 bits per heavy atom. The van der Waals surface area contributed by atoms with Gasteiger partial charge in [-0.3, -0.25) is 4.79 Å². The van der Waals surface area contributed by atoms with E-state index in [1.165, 1.54) is 17.3 Å². The Hall–Kier alpha value is -2.31. The van der Waals surface area contributed by atoms with Crippen LogP contribution in [-0.2, 0) is 4.79 Å². The monoisotopic (exact) mass is 399 g/mol. The Labute approximate surface area is 168 Å². The molecule has 6 heteroatoms.